The molecule has 5 heteroatoms. The molecule has 0 unspecified atom stereocenters. The van der Waals surface area contributed by atoms with Gasteiger partial charge >= 0.3 is 5.97 Å². The van der Waals surface area contributed by atoms with Crippen molar-refractivity contribution in [3.8, 4) is 0 Å². The molecule has 2 N–H and O–H groups in total. The van der Waals surface area contributed by atoms with E-state index in [1.807, 2.05) is 0 Å². The highest BCUT2D eigenvalue weighted by atomic mass is 35.5. The van der Waals surface area contributed by atoms with Gasteiger partial charge in [0.15, 0.2) is 6.04 Å². The van der Waals surface area contributed by atoms with Gasteiger partial charge in [0, 0.05) is 10.6 Å². The molecule has 0 aliphatic carbocycles. The maximum absolute atomic E-state index is 12.3. The van der Waals surface area contributed by atoms with Gasteiger partial charge in [0.25, 0.3) is 5.91 Å². The summed E-state index contributed by atoms with van der Waals surface area (Å²) in [5.41, 5.74) is 1.61. The third-order valence-corrected chi connectivity index (χ3v) is 3.33. The third-order valence-electron chi connectivity index (χ3n) is 3.10. The van der Waals surface area contributed by atoms with Crippen LogP contribution >= 0.6 is 11.6 Å². The highest BCUT2D eigenvalue weighted by molar-refractivity contribution is 6.31. The number of aliphatic carboxylic acids is 1. The van der Waals surface area contributed by atoms with Gasteiger partial charge in [-0.2, -0.15) is 0 Å². The fourth-order valence-electron chi connectivity index (χ4n) is 1.98. The van der Waals surface area contributed by atoms with E-state index in [1.54, 1.807) is 49.4 Å². The van der Waals surface area contributed by atoms with Gasteiger partial charge in [0.05, 0.1) is 0 Å². The van der Waals surface area contributed by atoms with Crippen molar-refractivity contribution in [1.82, 2.24) is 5.32 Å². The zero-order valence-electron chi connectivity index (χ0n) is 11.3. The minimum atomic E-state index is -1.12. The zero-order chi connectivity index (χ0) is 15.4. The molecule has 0 aromatic heterocycles. The molecule has 21 heavy (non-hydrogen) atoms. The quantitative estimate of drug-likeness (QED) is 0.911. The van der Waals surface area contributed by atoms with Crippen molar-refractivity contribution in [2.24, 2.45) is 0 Å². The topological polar surface area (TPSA) is 66.4 Å². The van der Waals surface area contributed by atoms with Crippen molar-refractivity contribution < 1.29 is 14.7 Å². The summed E-state index contributed by atoms with van der Waals surface area (Å²) in [4.78, 5) is 23.7. The van der Waals surface area contributed by atoms with E-state index in [-0.39, 0.29) is 0 Å². The molecule has 1 atom stereocenters. The summed E-state index contributed by atoms with van der Waals surface area (Å²) in [6.07, 6.45) is 0. The number of carboxylic acids is 1. The number of amides is 1. The molecule has 0 spiro atoms. The SMILES string of the molecule is Cc1ccc(Cl)cc1C(=O)N[C@H](C(=O)O)c1ccccc1. The first-order valence-electron chi connectivity index (χ1n) is 6.34. The summed E-state index contributed by atoms with van der Waals surface area (Å²) in [6.45, 7) is 1.77. The lowest BCUT2D eigenvalue weighted by atomic mass is 10.0. The number of benzene rings is 2. The average Bonchev–Trinajstić information content (AvgIpc) is 2.47. The van der Waals surface area contributed by atoms with Crippen LogP contribution in [0, 0.1) is 6.92 Å². The van der Waals surface area contributed by atoms with Crippen LogP contribution in [0.3, 0.4) is 0 Å². The third kappa shape index (κ3) is 3.61. The monoisotopic (exact) mass is 303 g/mol. The maximum atomic E-state index is 12.3. The Morgan fingerprint density at radius 3 is 2.43 bits per heavy atom. The highest BCUT2D eigenvalue weighted by Crippen LogP contribution is 2.18. The Kier molecular flexibility index (Phi) is 4.60. The molecule has 2 aromatic carbocycles. The summed E-state index contributed by atoms with van der Waals surface area (Å²) in [5.74, 6) is -1.58. The Bertz CT molecular complexity index is 670. The molecule has 0 radical (unpaired) electrons. The van der Waals surface area contributed by atoms with Gasteiger partial charge < -0.3 is 10.4 Å². The first kappa shape index (κ1) is 15.1. The predicted octanol–water partition coefficient (Wildman–Crippen LogP) is 3.20. The highest BCUT2D eigenvalue weighted by Gasteiger charge is 2.23. The average molecular weight is 304 g/mol. The Labute approximate surface area is 127 Å². The second kappa shape index (κ2) is 6.41. The Morgan fingerprint density at radius 2 is 1.81 bits per heavy atom. The number of carboxylic acid groups (broad SMARTS) is 1. The van der Waals surface area contributed by atoms with Crippen molar-refractivity contribution in [2.45, 2.75) is 13.0 Å². The van der Waals surface area contributed by atoms with E-state index in [2.05, 4.69) is 5.32 Å². The van der Waals surface area contributed by atoms with E-state index < -0.39 is 17.9 Å². The molecule has 1 amide bonds. The van der Waals surface area contributed by atoms with E-state index in [1.165, 1.54) is 6.07 Å². The van der Waals surface area contributed by atoms with Gasteiger partial charge in [-0.3, -0.25) is 4.79 Å². The molecule has 108 valence electrons. The molecular formula is C16H14ClNO3. The summed E-state index contributed by atoms with van der Waals surface area (Å²) in [5, 5.41) is 12.3. The van der Waals surface area contributed by atoms with Gasteiger partial charge in [-0.1, -0.05) is 48.0 Å². The van der Waals surface area contributed by atoms with Crippen LogP contribution in [0.1, 0.15) is 27.5 Å². The lowest BCUT2D eigenvalue weighted by molar-refractivity contribution is -0.139. The number of aryl methyl sites for hydroxylation is 1. The minimum Gasteiger partial charge on any atom is -0.479 e. The lowest BCUT2D eigenvalue weighted by Crippen LogP contribution is -2.34. The van der Waals surface area contributed by atoms with E-state index in [4.69, 9.17) is 11.6 Å². The summed E-state index contributed by atoms with van der Waals surface area (Å²) < 4.78 is 0. The standard InChI is InChI=1S/C16H14ClNO3/c1-10-7-8-12(17)9-13(10)15(19)18-14(16(20)21)11-5-3-2-4-6-11/h2-9,14H,1H3,(H,18,19)(H,20,21)/t14-/m0/s1. The number of halogens is 1. The van der Waals surface area contributed by atoms with Crippen LogP contribution < -0.4 is 5.32 Å². The number of nitrogens with one attached hydrogen (secondary N) is 1. The van der Waals surface area contributed by atoms with Gasteiger partial charge in [0.2, 0.25) is 0 Å². The molecule has 2 rings (SSSR count). The van der Waals surface area contributed by atoms with Crippen molar-refractivity contribution >= 4 is 23.5 Å². The Balaban J connectivity index is 2.27. The number of hydrogen-bond donors (Lipinski definition) is 2. The van der Waals surface area contributed by atoms with Crippen LogP contribution in [0.25, 0.3) is 0 Å². The normalized spacial score (nSPS) is 11.7. The van der Waals surface area contributed by atoms with Crippen molar-refractivity contribution in [1.29, 1.82) is 0 Å². The smallest absolute Gasteiger partial charge is 0.330 e. The second-order valence-corrected chi connectivity index (χ2v) is 5.05. The predicted molar refractivity (Wildman–Crippen MR) is 80.5 cm³/mol. The molecule has 0 aliphatic heterocycles. The molecule has 4 nitrogen and oxygen atoms in total. The fourth-order valence-corrected chi connectivity index (χ4v) is 2.15. The number of carbonyl (C=O) groups is 2. The zero-order valence-corrected chi connectivity index (χ0v) is 12.1. The van der Waals surface area contributed by atoms with Crippen molar-refractivity contribution in [2.75, 3.05) is 0 Å². The van der Waals surface area contributed by atoms with E-state index >= 15 is 0 Å². The first-order valence-corrected chi connectivity index (χ1v) is 6.71. The molecule has 0 heterocycles. The molecule has 0 saturated heterocycles. The minimum absolute atomic E-state index is 0.365. The van der Waals surface area contributed by atoms with Gasteiger partial charge in [-0.15, -0.1) is 0 Å². The fraction of sp³-hybridized carbons (Fsp3) is 0.125. The van der Waals surface area contributed by atoms with Crippen LogP contribution in [0.4, 0.5) is 0 Å². The van der Waals surface area contributed by atoms with E-state index in [0.717, 1.165) is 5.56 Å². The van der Waals surface area contributed by atoms with Crippen LogP contribution in [-0.4, -0.2) is 17.0 Å². The van der Waals surface area contributed by atoms with Crippen LogP contribution in [0.5, 0.6) is 0 Å². The summed E-state index contributed by atoms with van der Waals surface area (Å²) in [6, 6.07) is 12.4. The summed E-state index contributed by atoms with van der Waals surface area (Å²) in [7, 11) is 0. The molecule has 0 bridgehead atoms. The van der Waals surface area contributed by atoms with Crippen molar-refractivity contribution in [3.05, 3.63) is 70.2 Å². The molecule has 0 saturated carbocycles. The molecule has 0 fully saturated rings. The number of rotatable bonds is 4. The number of hydrogen-bond acceptors (Lipinski definition) is 2. The maximum Gasteiger partial charge on any atom is 0.330 e. The number of carbonyl (C=O) groups excluding carboxylic acids is 1. The lowest BCUT2D eigenvalue weighted by Gasteiger charge is -2.16. The summed E-state index contributed by atoms with van der Waals surface area (Å²) >= 11 is 5.88. The van der Waals surface area contributed by atoms with Crippen LogP contribution in [-0.2, 0) is 4.79 Å². The molecular weight excluding hydrogens is 290 g/mol. The Hall–Kier alpha value is -2.33. The van der Waals surface area contributed by atoms with Gasteiger partial charge in [-0.25, -0.2) is 4.79 Å². The van der Waals surface area contributed by atoms with Crippen LogP contribution in [0.15, 0.2) is 48.5 Å². The molecule has 2 aromatic rings. The largest absolute Gasteiger partial charge is 0.479 e. The van der Waals surface area contributed by atoms with Crippen molar-refractivity contribution in [3.63, 3.8) is 0 Å². The van der Waals surface area contributed by atoms with E-state index in [9.17, 15) is 14.7 Å². The second-order valence-electron chi connectivity index (χ2n) is 4.61. The van der Waals surface area contributed by atoms with E-state index in [0.29, 0.717) is 16.1 Å². The Morgan fingerprint density at radius 1 is 1.14 bits per heavy atom. The van der Waals surface area contributed by atoms with Crippen LogP contribution in [0.2, 0.25) is 5.02 Å². The van der Waals surface area contributed by atoms with Gasteiger partial charge in [0.1, 0.15) is 0 Å². The first-order chi connectivity index (χ1) is 9.99. The van der Waals surface area contributed by atoms with Gasteiger partial charge in [-0.05, 0) is 30.2 Å². The molecule has 0 aliphatic rings.